The number of fused-ring (bicyclic) bond motifs is 8. The van der Waals surface area contributed by atoms with Crippen molar-refractivity contribution in [3.8, 4) is 45.1 Å². The fourth-order valence-corrected chi connectivity index (χ4v) is 7.77. The molecule has 49 heavy (non-hydrogen) atoms. The van der Waals surface area contributed by atoms with E-state index in [1.807, 2.05) is 48.5 Å². The van der Waals surface area contributed by atoms with Crippen LogP contribution in [0.25, 0.3) is 50.5 Å². The molecule has 2 heterocycles. The lowest BCUT2D eigenvalue weighted by molar-refractivity contribution is 0.153. The summed E-state index contributed by atoms with van der Waals surface area (Å²) < 4.78 is 13.1. The van der Waals surface area contributed by atoms with E-state index in [0.29, 0.717) is 5.82 Å². The maximum absolute atomic E-state index is 7.53. The Bertz CT molecular complexity index is 2360. The van der Waals surface area contributed by atoms with Gasteiger partial charge in [-0.3, -0.25) is 0 Å². The molecule has 1 aliphatic carbocycles. The number of methoxy groups -OCH3 is 1. The fraction of sp³-hybridized carbons (Fsp3) is 0.111. The van der Waals surface area contributed by atoms with E-state index in [2.05, 4.69) is 117 Å². The Balaban J connectivity index is 1.35. The molecule has 0 bridgehead atoms. The second-order valence-corrected chi connectivity index (χ2v) is 13.3. The van der Waals surface area contributed by atoms with Crippen molar-refractivity contribution in [2.75, 3.05) is 7.11 Å². The van der Waals surface area contributed by atoms with E-state index in [1.165, 1.54) is 27.6 Å². The number of nitrogens with zero attached hydrogens (tertiary/aromatic N) is 2. The summed E-state index contributed by atoms with van der Waals surface area (Å²) in [6.45, 7) is 4.65. The molecule has 0 saturated heterocycles. The standard InChI is InChI=1S/C45H34N2O2/c1-44(2)37-21-13-12-20-35(37)40-33-18-10-11-19-34(33)42-36(41(40)44)26-27-45(49-42,31-22-24-32(48-3)25-23-31)43-46-38(29-14-6-4-7-15-29)28-39(47-43)30-16-8-5-9-17-30/h4-28H,1-3H3. The van der Waals surface area contributed by atoms with Crippen molar-refractivity contribution in [3.05, 3.63) is 174 Å². The van der Waals surface area contributed by atoms with Crippen molar-refractivity contribution < 1.29 is 9.47 Å². The zero-order valence-corrected chi connectivity index (χ0v) is 27.6. The van der Waals surface area contributed by atoms with Crippen LogP contribution in [0.4, 0.5) is 0 Å². The summed E-state index contributed by atoms with van der Waals surface area (Å²) in [5.74, 6) is 2.17. The molecule has 6 aromatic carbocycles. The molecule has 1 atom stereocenters. The molecule has 236 valence electrons. The van der Waals surface area contributed by atoms with Gasteiger partial charge in [-0.2, -0.15) is 0 Å². The number of rotatable bonds is 5. The minimum atomic E-state index is -1.14. The van der Waals surface area contributed by atoms with Gasteiger partial charge in [0.15, 0.2) is 5.82 Å². The highest BCUT2D eigenvalue weighted by atomic mass is 16.5. The van der Waals surface area contributed by atoms with E-state index in [0.717, 1.165) is 50.5 Å². The van der Waals surface area contributed by atoms with Crippen molar-refractivity contribution in [3.63, 3.8) is 0 Å². The van der Waals surface area contributed by atoms with Gasteiger partial charge in [0.1, 0.15) is 11.5 Å². The second kappa shape index (κ2) is 11.0. The topological polar surface area (TPSA) is 44.2 Å². The number of ether oxygens (including phenoxy) is 2. The largest absolute Gasteiger partial charge is 0.497 e. The van der Waals surface area contributed by atoms with Gasteiger partial charge in [-0.05, 0) is 51.9 Å². The first kappa shape index (κ1) is 29.2. The normalized spacial score (nSPS) is 16.8. The number of hydrogen-bond donors (Lipinski definition) is 0. The van der Waals surface area contributed by atoms with Crippen LogP contribution < -0.4 is 9.47 Å². The molecule has 0 fully saturated rings. The third-order valence-corrected chi connectivity index (χ3v) is 10.2. The highest BCUT2D eigenvalue weighted by molar-refractivity contribution is 6.08. The van der Waals surface area contributed by atoms with Crippen molar-refractivity contribution in [1.82, 2.24) is 9.97 Å². The summed E-state index contributed by atoms with van der Waals surface area (Å²) in [5.41, 5.74) is 9.51. The van der Waals surface area contributed by atoms with Crippen LogP contribution >= 0.6 is 0 Å². The SMILES string of the molecule is COc1ccc(C2(c3nc(-c4ccccc4)cc(-c4ccccc4)n3)C=Cc3c4c(c5ccccc5c3O2)-c2ccccc2C4(C)C)cc1. The van der Waals surface area contributed by atoms with Crippen molar-refractivity contribution >= 4 is 16.8 Å². The summed E-state index contributed by atoms with van der Waals surface area (Å²) in [6.07, 6.45) is 4.41. The van der Waals surface area contributed by atoms with Gasteiger partial charge < -0.3 is 9.47 Å². The summed E-state index contributed by atoms with van der Waals surface area (Å²) in [7, 11) is 1.68. The molecule has 0 amide bonds. The molecule has 2 aliphatic rings. The molecule has 7 aromatic rings. The molecule has 0 N–H and O–H groups in total. The second-order valence-electron chi connectivity index (χ2n) is 13.3. The lowest BCUT2D eigenvalue weighted by Crippen LogP contribution is -2.37. The van der Waals surface area contributed by atoms with Crippen LogP contribution in [0.1, 0.15) is 41.9 Å². The highest BCUT2D eigenvalue weighted by Gasteiger charge is 2.45. The summed E-state index contributed by atoms with van der Waals surface area (Å²) in [5, 5.41) is 2.24. The van der Waals surface area contributed by atoms with Crippen LogP contribution in [-0.4, -0.2) is 17.1 Å². The predicted octanol–water partition coefficient (Wildman–Crippen LogP) is 10.6. The summed E-state index contributed by atoms with van der Waals surface area (Å²) >= 11 is 0. The Kier molecular flexibility index (Phi) is 6.57. The highest BCUT2D eigenvalue weighted by Crippen LogP contribution is 2.58. The van der Waals surface area contributed by atoms with Gasteiger partial charge in [0.2, 0.25) is 5.60 Å². The van der Waals surface area contributed by atoms with E-state index >= 15 is 0 Å². The van der Waals surface area contributed by atoms with Gasteiger partial charge in [-0.25, -0.2) is 9.97 Å². The zero-order chi connectivity index (χ0) is 33.2. The lowest BCUT2D eigenvalue weighted by Gasteiger charge is -2.37. The molecule has 1 unspecified atom stereocenters. The molecule has 0 saturated carbocycles. The average Bonchev–Trinajstić information content (AvgIpc) is 3.42. The lowest BCUT2D eigenvalue weighted by atomic mass is 9.77. The monoisotopic (exact) mass is 634 g/mol. The maximum atomic E-state index is 7.53. The van der Waals surface area contributed by atoms with Gasteiger partial charge in [-0.1, -0.05) is 141 Å². The Morgan fingerprint density at radius 2 is 1.22 bits per heavy atom. The smallest absolute Gasteiger partial charge is 0.212 e. The molecule has 0 radical (unpaired) electrons. The molecular formula is C45H34N2O2. The minimum Gasteiger partial charge on any atom is -0.497 e. The van der Waals surface area contributed by atoms with Gasteiger partial charge in [0.25, 0.3) is 0 Å². The molecule has 1 aromatic heterocycles. The average molecular weight is 635 g/mol. The Labute approximate surface area is 286 Å². The van der Waals surface area contributed by atoms with Crippen molar-refractivity contribution in [1.29, 1.82) is 0 Å². The zero-order valence-electron chi connectivity index (χ0n) is 27.6. The van der Waals surface area contributed by atoms with Crippen LogP contribution in [0.15, 0.2) is 146 Å². The first-order valence-electron chi connectivity index (χ1n) is 16.7. The predicted molar refractivity (Wildman–Crippen MR) is 198 cm³/mol. The molecule has 0 spiro atoms. The molecule has 4 heteroatoms. The van der Waals surface area contributed by atoms with Crippen molar-refractivity contribution in [2.45, 2.75) is 24.9 Å². The summed E-state index contributed by atoms with van der Waals surface area (Å²) in [4.78, 5) is 10.6. The van der Waals surface area contributed by atoms with Gasteiger partial charge >= 0.3 is 0 Å². The van der Waals surface area contributed by atoms with Crippen LogP contribution in [0.5, 0.6) is 11.5 Å². The molecule has 1 aliphatic heterocycles. The molecule has 4 nitrogen and oxygen atoms in total. The fourth-order valence-electron chi connectivity index (χ4n) is 7.77. The van der Waals surface area contributed by atoms with Crippen LogP contribution in [0, 0.1) is 0 Å². The third kappa shape index (κ3) is 4.44. The van der Waals surface area contributed by atoms with Crippen molar-refractivity contribution in [2.24, 2.45) is 0 Å². The Hall–Kier alpha value is -6.00. The van der Waals surface area contributed by atoms with Gasteiger partial charge in [-0.15, -0.1) is 0 Å². The van der Waals surface area contributed by atoms with Crippen LogP contribution in [0.2, 0.25) is 0 Å². The number of hydrogen-bond acceptors (Lipinski definition) is 4. The Morgan fingerprint density at radius 1 is 0.633 bits per heavy atom. The number of benzene rings is 6. The van der Waals surface area contributed by atoms with E-state index in [1.54, 1.807) is 7.11 Å². The van der Waals surface area contributed by atoms with E-state index < -0.39 is 5.60 Å². The number of aromatic nitrogens is 2. The molecular weight excluding hydrogens is 601 g/mol. The minimum absolute atomic E-state index is 0.224. The first-order valence-corrected chi connectivity index (χ1v) is 16.7. The quantitative estimate of drug-likeness (QED) is 0.189. The summed E-state index contributed by atoms with van der Waals surface area (Å²) in [6, 6.07) is 48.1. The van der Waals surface area contributed by atoms with Crippen LogP contribution in [0.3, 0.4) is 0 Å². The van der Waals surface area contributed by atoms with Crippen LogP contribution in [-0.2, 0) is 11.0 Å². The van der Waals surface area contributed by atoms with E-state index in [9.17, 15) is 0 Å². The van der Waals surface area contributed by atoms with Gasteiger partial charge in [0.05, 0.1) is 18.5 Å². The first-order chi connectivity index (χ1) is 24.0. The molecule has 9 rings (SSSR count). The maximum Gasteiger partial charge on any atom is 0.212 e. The van der Waals surface area contributed by atoms with Gasteiger partial charge in [0, 0.05) is 33.1 Å². The van der Waals surface area contributed by atoms with E-state index in [4.69, 9.17) is 19.4 Å². The Morgan fingerprint density at radius 3 is 1.88 bits per heavy atom. The third-order valence-electron chi connectivity index (χ3n) is 10.2. The van der Waals surface area contributed by atoms with E-state index in [-0.39, 0.29) is 5.41 Å².